The minimum absolute atomic E-state index is 0.0176. The highest BCUT2D eigenvalue weighted by Gasteiger charge is 2.33. The van der Waals surface area contributed by atoms with Crippen LogP contribution in [0.1, 0.15) is 67.3 Å². The summed E-state index contributed by atoms with van der Waals surface area (Å²) >= 11 is 0. The van der Waals surface area contributed by atoms with Crippen molar-refractivity contribution in [3.8, 4) is 0 Å². The summed E-state index contributed by atoms with van der Waals surface area (Å²) < 4.78 is 17.0. The fourth-order valence-corrected chi connectivity index (χ4v) is 5.17. The first-order valence-electron chi connectivity index (χ1n) is 15.3. The summed E-state index contributed by atoms with van der Waals surface area (Å²) in [6, 6.07) is 8.43. The van der Waals surface area contributed by atoms with Crippen molar-refractivity contribution in [1.29, 1.82) is 0 Å². The molecule has 4 rings (SSSR count). The van der Waals surface area contributed by atoms with E-state index in [0.717, 1.165) is 6.26 Å². The number of Topliss-reactive ketones (excluding diaryl/α,β-unsaturated/α-hetero) is 1. The molecule has 3 heterocycles. The van der Waals surface area contributed by atoms with Crippen molar-refractivity contribution in [2.24, 2.45) is 11.8 Å². The van der Waals surface area contributed by atoms with Crippen LogP contribution >= 0.6 is 0 Å². The van der Waals surface area contributed by atoms with Gasteiger partial charge in [0.2, 0.25) is 11.8 Å². The highest BCUT2D eigenvalue weighted by Crippen LogP contribution is 2.25. The number of cyclic esters (lactones) is 1. The summed E-state index contributed by atoms with van der Waals surface area (Å²) in [5.41, 5.74) is 1.08. The number of rotatable bonds is 3. The largest absolute Gasteiger partial charge is 0.457 e. The molecule has 0 aliphatic carbocycles. The van der Waals surface area contributed by atoms with E-state index in [1.54, 1.807) is 67.6 Å². The zero-order valence-corrected chi connectivity index (χ0v) is 26.4. The molecule has 0 unspecified atom stereocenters. The second-order valence-electron chi connectivity index (χ2n) is 11.6. The van der Waals surface area contributed by atoms with Gasteiger partial charge in [-0.3, -0.25) is 14.4 Å². The molecule has 11 nitrogen and oxygen atoms in total. The van der Waals surface area contributed by atoms with Crippen LogP contribution in [0.4, 0.5) is 0 Å². The Morgan fingerprint density at radius 1 is 1.11 bits per heavy atom. The summed E-state index contributed by atoms with van der Waals surface area (Å²) in [6.07, 6.45) is 9.59. The fourth-order valence-electron chi connectivity index (χ4n) is 5.17. The van der Waals surface area contributed by atoms with Gasteiger partial charge in [-0.15, -0.1) is 0 Å². The standard InChI is InChI=1S/C35H39N3O8/c1-22(2)32-24(4)14-15-30(40)36-16-8-10-23(3)18-27(45-34(42)25-11-6-5-7-12-25)19-26(39)20-31-37-28(21-44-31)33(41)38-17-9-13-29(38)35(43)46-32/h5-8,10-15,18,21-22,24,27,32H,9,16-17,19-20H2,1-4H3,(H,36,40)/b10-8+,15-14+,23-18+/t24-,27-,32-/m1/s1. The van der Waals surface area contributed by atoms with Crippen molar-refractivity contribution in [3.63, 3.8) is 0 Å². The van der Waals surface area contributed by atoms with Gasteiger partial charge in [-0.25, -0.2) is 14.6 Å². The normalized spacial score (nSPS) is 24.6. The molecule has 242 valence electrons. The lowest BCUT2D eigenvalue weighted by Crippen LogP contribution is -2.36. The van der Waals surface area contributed by atoms with Gasteiger partial charge in [-0.2, -0.15) is 0 Å². The van der Waals surface area contributed by atoms with Gasteiger partial charge >= 0.3 is 11.9 Å². The molecular weight excluding hydrogens is 590 g/mol. The van der Waals surface area contributed by atoms with Crippen LogP contribution in [0.2, 0.25) is 0 Å². The number of benzene rings is 1. The third kappa shape index (κ3) is 9.23. The lowest BCUT2D eigenvalue weighted by Gasteiger charge is -2.27. The first-order chi connectivity index (χ1) is 22.0. The minimum Gasteiger partial charge on any atom is -0.457 e. The third-order valence-electron chi connectivity index (χ3n) is 7.44. The van der Waals surface area contributed by atoms with Crippen LogP contribution in [0.5, 0.6) is 0 Å². The van der Waals surface area contributed by atoms with Crippen molar-refractivity contribution >= 4 is 29.5 Å². The van der Waals surface area contributed by atoms with E-state index in [1.165, 1.54) is 11.0 Å². The van der Waals surface area contributed by atoms with Crippen molar-refractivity contribution in [2.75, 3.05) is 13.1 Å². The predicted molar refractivity (Wildman–Crippen MR) is 168 cm³/mol. The van der Waals surface area contributed by atoms with Crippen molar-refractivity contribution in [1.82, 2.24) is 15.2 Å². The van der Waals surface area contributed by atoms with Crippen molar-refractivity contribution < 1.29 is 37.9 Å². The van der Waals surface area contributed by atoms with Crippen LogP contribution in [0, 0.1) is 11.8 Å². The molecular formula is C35H39N3O8. The van der Waals surface area contributed by atoms with E-state index in [0.29, 0.717) is 17.6 Å². The third-order valence-corrected chi connectivity index (χ3v) is 7.44. The maximum Gasteiger partial charge on any atom is 0.355 e. The summed E-state index contributed by atoms with van der Waals surface area (Å²) in [6.45, 7) is 7.93. The molecule has 1 aromatic carbocycles. The second-order valence-corrected chi connectivity index (χ2v) is 11.6. The smallest absolute Gasteiger partial charge is 0.355 e. The van der Waals surface area contributed by atoms with E-state index in [1.807, 2.05) is 20.8 Å². The Labute approximate surface area is 268 Å². The van der Waals surface area contributed by atoms with Gasteiger partial charge in [0.05, 0.1) is 12.0 Å². The van der Waals surface area contributed by atoms with Crippen LogP contribution in [0.3, 0.4) is 0 Å². The summed E-state index contributed by atoms with van der Waals surface area (Å²) in [5, 5.41) is 2.77. The van der Waals surface area contributed by atoms with Crippen LogP contribution in [-0.2, 0) is 30.3 Å². The SMILES string of the molecule is CC1=C\[C@@H](OC(=O)c2ccccc2)CC(=O)Cc2nc(co2)C(=O)N2CCC=C2C(=O)O[C@H](C(C)C)[C@H](C)/C=C/C(=O)NC\C=C\1. The van der Waals surface area contributed by atoms with Crippen LogP contribution in [0.25, 0.3) is 0 Å². The Hall–Kier alpha value is -5.06. The van der Waals surface area contributed by atoms with E-state index in [4.69, 9.17) is 13.9 Å². The number of ether oxygens (including phenoxy) is 2. The number of nitrogens with one attached hydrogen (secondary N) is 1. The molecule has 46 heavy (non-hydrogen) atoms. The molecule has 11 heteroatoms. The van der Waals surface area contributed by atoms with E-state index in [2.05, 4.69) is 10.3 Å². The molecule has 1 N–H and O–H groups in total. The van der Waals surface area contributed by atoms with Crippen LogP contribution in [0.15, 0.2) is 88.7 Å². The van der Waals surface area contributed by atoms with Gasteiger partial charge in [-0.05, 0) is 43.5 Å². The maximum atomic E-state index is 13.4. The molecule has 2 amide bonds. The summed E-state index contributed by atoms with van der Waals surface area (Å²) in [7, 11) is 0. The molecule has 0 saturated heterocycles. The number of carbonyl (C=O) groups is 5. The van der Waals surface area contributed by atoms with Gasteiger partial charge < -0.3 is 24.1 Å². The minimum atomic E-state index is -0.904. The molecule has 1 aromatic heterocycles. The van der Waals surface area contributed by atoms with Gasteiger partial charge in [0.1, 0.15) is 30.0 Å². The molecule has 2 aliphatic heterocycles. The molecule has 0 saturated carbocycles. The average Bonchev–Trinajstić information content (AvgIpc) is 3.70. The van der Waals surface area contributed by atoms with Crippen LogP contribution in [-0.4, -0.2) is 64.7 Å². The monoisotopic (exact) mass is 629 g/mol. The second kappa shape index (κ2) is 15.8. The summed E-state index contributed by atoms with van der Waals surface area (Å²) in [4.78, 5) is 70.5. The number of fused-ring (bicyclic) bond motifs is 3. The van der Waals surface area contributed by atoms with Gasteiger partial charge in [0.15, 0.2) is 5.69 Å². The first-order valence-corrected chi connectivity index (χ1v) is 15.3. The zero-order valence-electron chi connectivity index (χ0n) is 26.4. The molecule has 0 spiro atoms. The lowest BCUT2D eigenvalue weighted by molar-refractivity contribution is -0.149. The number of hydrogen-bond donors (Lipinski definition) is 1. The molecule has 2 bridgehead atoms. The number of nitrogens with zero attached hydrogens (tertiary/aromatic N) is 2. The van der Waals surface area contributed by atoms with E-state index in [9.17, 15) is 24.0 Å². The Bertz CT molecular complexity index is 1570. The van der Waals surface area contributed by atoms with E-state index in [-0.39, 0.29) is 66.7 Å². The number of allylic oxidation sites excluding steroid dienone is 2. The number of oxazole rings is 1. The Balaban J connectivity index is 1.60. The molecule has 3 atom stereocenters. The van der Waals surface area contributed by atoms with Crippen molar-refractivity contribution in [3.05, 3.63) is 101 Å². The highest BCUT2D eigenvalue weighted by molar-refractivity contribution is 6.00. The fraction of sp³-hybridized carbons (Fsp3) is 0.371. The Morgan fingerprint density at radius 3 is 2.61 bits per heavy atom. The first kappa shape index (κ1) is 33.8. The number of carbonyl (C=O) groups excluding carboxylic acids is 5. The van der Waals surface area contributed by atoms with Gasteiger partial charge in [0, 0.05) is 25.4 Å². The van der Waals surface area contributed by atoms with Gasteiger partial charge in [-0.1, -0.05) is 68.8 Å². The quantitative estimate of drug-likeness (QED) is 0.484. The highest BCUT2D eigenvalue weighted by atomic mass is 16.5. The number of hydrogen-bond acceptors (Lipinski definition) is 9. The molecule has 0 radical (unpaired) electrons. The van der Waals surface area contributed by atoms with Crippen LogP contribution < -0.4 is 5.32 Å². The number of ketones is 1. The maximum absolute atomic E-state index is 13.4. The zero-order chi connectivity index (χ0) is 33.2. The number of esters is 2. The molecule has 2 aliphatic rings. The van der Waals surface area contributed by atoms with E-state index >= 15 is 0 Å². The van der Waals surface area contributed by atoms with Crippen molar-refractivity contribution in [2.45, 2.75) is 59.2 Å². The molecule has 2 aromatic rings. The lowest BCUT2D eigenvalue weighted by atomic mass is 9.94. The summed E-state index contributed by atoms with van der Waals surface area (Å²) in [5.74, 6) is -2.82. The number of amides is 2. The van der Waals surface area contributed by atoms with Gasteiger partial charge in [0.25, 0.3) is 5.91 Å². The Kier molecular flexibility index (Phi) is 11.6. The predicted octanol–water partition coefficient (Wildman–Crippen LogP) is 4.52. The van der Waals surface area contributed by atoms with E-state index < -0.39 is 30.1 Å². The average molecular weight is 630 g/mol. The number of aromatic nitrogens is 1. The molecule has 0 fully saturated rings. The Morgan fingerprint density at radius 2 is 1.87 bits per heavy atom. The topological polar surface area (TPSA) is 145 Å².